The standard InChI is InChI=1S/C21H27N3O2.HI/c1-3-22-21(24-13-11-16-6-4-5-7-18(16)15-24)23-12-10-17-8-9-19(26-2)14-20(17)25;/h4-9,14,25H,3,10-13,15H2,1-2H3,(H,22,23);1H. The molecule has 27 heavy (non-hydrogen) atoms. The molecule has 2 aromatic rings. The van der Waals surface area contributed by atoms with Gasteiger partial charge in [0.25, 0.3) is 0 Å². The first-order valence-electron chi connectivity index (χ1n) is 9.17. The summed E-state index contributed by atoms with van der Waals surface area (Å²) < 4.78 is 5.13. The number of methoxy groups -OCH3 is 1. The molecule has 0 saturated heterocycles. The highest BCUT2D eigenvalue weighted by Crippen LogP contribution is 2.24. The maximum Gasteiger partial charge on any atom is 0.194 e. The van der Waals surface area contributed by atoms with Crippen molar-refractivity contribution in [1.29, 1.82) is 0 Å². The number of rotatable bonds is 5. The normalized spacial score (nSPS) is 13.6. The third-order valence-electron chi connectivity index (χ3n) is 4.70. The van der Waals surface area contributed by atoms with E-state index in [9.17, 15) is 5.11 Å². The Morgan fingerprint density at radius 1 is 1.22 bits per heavy atom. The van der Waals surface area contributed by atoms with E-state index < -0.39 is 0 Å². The van der Waals surface area contributed by atoms with Crippen LogP contribution < -0.4 is 10.1 Å². The molecular weight excluding hydrogens is 453 g/mol. The van der Waals surface area contributed by atoms with Gasteiger partial charge in [-0.25, -0.2) is 0 Å². The predicted molar refractivity (Wildman–Crippen MR) is 120 cm³/mol. The van der Waals surface area contributed by atoms with Crippen molar-refractivity contribution in [3.63, 3.8) is 0 Å². The largest absolute Gasteiger partial charge is 0.508 e. The molecule has 1 aliphatic heterocycles. The smallest absolute Gasteiger partial charge is 0.194 e. The Hall–Kier alpha value is -1.96. The summed E-state index contributed by atoms with van der Waals surface area (Å²) in [7, 11) is 1.60. The van der Waals surface area contributed by atoms with Crippen LogP contribution in [-0.2, 0) is 19.4 Å². The molecule has 0 unspecified atom stereocenters. The molecule has 1 heterocycles. The van der Waals surface area contributed by atoms with Gasteiger partial charge in [-0.2, -0.15) is 0 Å². The molecule has 2 aromatic carbocycles. The van der Waals surface area contributed by atoms with Gasteiger partial charge in [-0.15, -0.1) is 24.0 Å². The third-order valence-corrected chi connectivity index (χ3v) is 4.70. The van der Waals surface area contributed by atoms with Crippen molar-refractivity contribution in [3.05, 3.63) is 59.2 Å². The van der Waals surface area contributed by atoms with Crippen LogP contribution in [0.4, 0.5) is 0 Å². The molecule has 6 heteroatoms. The molecule has 3 rings (SSSR count). The molecule has 146 valence electrons. The maximum absolute atomic E-state index is 10.1. The Labute approximate surface area is 178 Å². The summed E-state index contributed by atoms with van der Waals surface area (Å²) in [6.45, 7) is 5.40. The number of guanidine groups is 1. The van der Waals surface area contributed by atoms with Crippen LogP contribution >= 0.6 is 24.0 Å². The molecule has 0 spiro atoms. The van der Waals surface area contributed by atoms with Gasteiger partial charge in [0.15, 0.2) is 5.96 Å². The number of benzene rings is 2. The molecule has 0 fully saturated rings. The SMILES string of the molecule is CCNC(=NCCc1ccc(OC)cc1O)N1CCc2ccccc2C1.I. The van der Waals surface area contributed by atoms with Crippen LogP contribution in [0.2, 0.25) is 0 Å². The Morgan fingerprint density at radius 2 is 2.00 bits per heavy atom. The van der Waals surface area contributed by atoms with Crippen molar-refractivity contribution in [2.24, 2.45) is 4.99 Å². The topological polar surface area (TPSA) is 57.1 Å². The maximum atomic E-state index is 10.1. The fourth-order valence-corrected chi connectivity index (χ4v) is 3.27. The molecule has 5 nitrogen and oxygen atoms in total. The lowest BCUT2D eigenvalue weighted by Crippen LogP contribution is -2.44. The number of nitrogens with one attached hydrogen (secondary N) is 1. The first-order chi connectivity index (χ1) is 12.7. The van der Waals surface area contributed by atoms with Gasteiger partial charge in [0.2, 0.25) is 0 Å². The summed E-state index contributed by atoms with van der Waals surface area (Å²) in [5, 5.41) is 13.5. The number of halogens is 1. The molecule has 1 aliphatic rings. The zero-order valence-electron chi connectivity index (χ0n) is 15.9. The second-order valence-electron chi connectivity index (χ2n) is 6.42. The van der Waals surface area contributed by atoms with Gasteiger partial charge in [0.1, 0.15) is 11.5 Å². The fraction of sp³-hybridized carbons (Fsp3) is 0.381. The second-order valence-corrected chi connectivity index (χ2v) is 6.42. The highest BCUT2D eigenvalue weighted by atomic mass is 127. The summed E-state index contributed by atoms with van der Waals surface area (Å²) in [5.74, 6) is 1.86. The molecule has 0 bridgehead atoms. The van der Waals surface area contributed by atoms with Gasteiger partial charge in [0, 0.05) is 32.2 Å². The van der Waals surface area contributed by atoms with E-state index in [-0.39, 0.29) is 29.7 Å². The first kappa shape index (κ1) is 21.3. The van der Waals surface area contributed by atoms with Gasteiger partial charge in [-0.1, -0.05) is 30.3 Å². The van der Waals surface area contributed by atoms with E-state index in [1.807, 2.05) is 12.1 Å². The Morgan fingerprint density at radius 3 is 2.70 bits per heavy atom. The first-order valence-corrected chi connectivity index (χ1v) is 9.17. The van der Waals surface area contributed by atoms with Crippen LogP contribution in [0.15, 0.2) is 47.5 Å². The average Bonchev–Trinajstić information content (AvgIpc) is 2.68. The van der Waals surface area contributed by atoms with Crippen molar-refractivity contribution in [2.75, 3.05) is 26.7 Å². The van der Waals surface area contributed by atoms with Crippen LogP contribution in [0.1, 0.15) is 23.6 Å². The summed E-state index contributed by atoms with van der Waals surface area (Å²) in [6, 6.07) is 14.0. The predicted octanol–water partition coefficient (Wildman–Crippen LogP) is 3.59. The van der Waals surface area contributed by atoms with Crippen molar-refractivity contribution in [2.45, 2.75) is 26.3 Å². The van der Waals surface area contributed by atoms with Crippen LogP contribution in [0.5, 0.6) is 11.5 Å². The second kappa shape index (κ2) is 10.4. The number of nitrogens with zero attached hydrogens (tertiary/aromatic N) is 2. The van der Waals surface area contributed by atoms with Gasteiger partial charge in [-0.05, 0) is 42.5 Å². The van der Waals surface area contributed by atoms with E-state index in [4.69, 9.17) is 9.73 Å². The molecule has 0 aromatic heterocycles. The lowest BCUT2D eigenvalue weighted by Gasteiger charge is -2.31. The molecule has 0 saturated carbocycles. The van der Waals surface area contributed by atoms with Crippen LogP contribution in [0.3, 0.4) is 0 Å². The van der Waals surface area contributed by atoms with E-state index in [0.29, 0.717) is 18.7 Å². The van der Waals surface area contributed by atoms with Gasteiger partial charge in [-0.3, -0.25) is 4.99 Å². The van der Waals surface area contributed by atoms with Crippen LogP contribution in [0.25, 0.3) is 0 Å². The molecular formula is C21H28IN3O2. The Bertz CT molecular complexity index is 780. The number of hydrogen-bond donors (Lipinski definition) is 2. The number of fused-ring (bicyclic) bond motifs is 1. The number of aromatic hydroxyl groups is 1. The van der Waals surface area contributed by atoms with E-state index in [0.717, 1.165) is 37.6 Å². The number of phenolic OH excluding ortho intramolecular Hbond substituents is 1. The molecule has 0 amide bonds. The zero-order valence-corrected chi connectivity index (χ0v) is 18.3. The highest BCUT2D eigenvalue weighted by Gasteiger charge is 2.18. The quantitative estimate of drug-likeness (QED) is 0.390. The molecule has 2 N–H and O–H groups in total. The Balaban J connectivity index is 0.00000261. The highest BCUT2D eigenvalue weighted by molar-refractivity contribution is 14.0. The minimum Gasteiger partial charge on any atom is -0.508 e. The number of phenols is 1. The fourth-order valence-electron chi connectivity index (χ4n) is 3.27. The molecule has 0 radical (unpaired) electrons. The van der Waals surface area contributed by atoms with E-state index in [1.165, 1.54) is 11.1 Å². The van der Waals surface area contributed by atoms with Crippen molar-refractivity contribution in [3.8, 4) is 11.5 Å². The Kier molecular flexibility index (Phi) is 8.22. The third kappa shape index (κ3) is 5.51. The molecule has 0 atom stereocenters. The average molecular weight is 481 g/mol. The summed E-state index contributed by atoms with van der Waals surface area (Å²) >= 11 is 0. The summed E-state index contributed by atoms with van der Waals surface area (Å²) in [5.41, 5.74) is 3.69. The summed E-state index contributed by atoms with van der Waals surface area (Å²) in [6.07, 6.45) is 1.73. The summed E-state index contributed by atoms with van der Waals surface area (Å²) in [4.78, 5) is 7.08. The monoisotopic (exact) mass is 481 g/mol. The van der Waals surface area contributed by atoms with Gasteiger partial charge >= 0.3 is 0 Å². The van der Waals surface area contributed by atoms with Gasteiger partial charge in [0.05, 0.1) is 7.11 Å². The number of hydrogen-bond acceptors (Lipinski definition) is 3. The van der Waals surface area contributed by atoms with Crippen LogP contribution in [0, 0.1) is 0 Å². The minimum atomic E-state index is 0. The van der Waals surface area contributed by atoms with Crippen molar-refractivity contribution >= 4 is 29.9 Å². The zero-order chi connectivity index (χ0) is 18.4. The van der Waals surface area contributed by atoms with Crippen molar-refractivity contribution < 1.29 is 9.84 Å². The van der Waals surface area contributed by atoms with Crippen molar-refractivity contribution in [1.82, 2.24) is 10.2 Å². The number of aliphatic imine (C=N–C) groups is 1. The lowest BCUT2D eigenvalue weighted by atomic mass is 10.0. The number of ether oxygens (including phenoxy) is 1. The lowest BCUT2D eigenvalue weighted by molar-refractivity contribution is 0.378. The van der Waals surface area contributed by atoms with Gasteiger partial charge < -0.3 is 20.1 Å². The van der Waals surface area contributed by atoms with E-state index in [1.54, 1.807) is 13.2 Å². The van der Waals surface area contributed by atoms with Crippen LogP contribution in [-0.4, -0.2) is 42.7 Å². The minimum absolute atomic E-state index is 0. The molecule has 0 aliphatic carbocycles. The van der Waals surface area contributed by atoms with E-state index >= 15 is 0 Å². The van der Waals surface area contributed by atoms with E-state index in [2.05, 4.69) is 41.4 Å².